The molecule has 8 heteroatoms. The van der Waals surface area contributed by atoms with E-state index < -0.39 is 10.0 Å². The van der Waals surface area contributed by atoms with Gasteiger partial charge in [-0.25, -0.2) is 8.42 Å². The zero-order valence-electron chi connectivity index (χ0n) is 16.8. The number of rotatable bonds is 7. The second-order valence-electron chi connectivity index (χ2n) is 6.52. The van der Waals surface area contributed by atoms with Gasteiger partial charge in [-0.3, -0.25) is 9.52 Å². The van der Waals surface area contributed by atoms with Gasteiger partial charge >= 0.3 is 0 Å². The fourth-order valence-corrected chi connectivity index (χ4v) is 3.86. The molecule has 0 heterocycles. The second-order valence-corrected chi connectivity index (χ2v) is 8.20. The highest BCUT2D eigenvalue weighted by molar-refractivity contribution is 7.92. The van der Waals surface area contributed by atoms with Gasteiger partial charge in [-0.1, -0.05) is 12.1 Å². The lowest BCUT2D eigenvalue weighted by molar-refractivity contribution is 0.102. The summed E-state index contributed by atoms with van der Waals surface area (Å²) >= 11 is 0. The van der Waals surface area contributed by atoms with Crippen molar-refractivity contribution in [3.8, 4) is 11.5 Å². The predicted molar refractivity (Wildman–Crippen MR) is 116 cm³/mol. The van der Waals surface area contributed by atoms with Crippen molar-refractivity contribution < 1.29 is 22.7 Å². The Morgan fingerprint density at radius 1 is 0.900 bits per heavy atom. The third kappa shape index (κ3) is 4.90. The molecule has 0 unspecified atom stereocenters. The van der Waals surface area contributed by atoms with E-state index in [1.54, 1.807) is 42.5 Å². The van der Waals surface area contributed by atoms with Crippen LogP contribution in [0.2, 0.25) is 0 Å². The zero-order valence-corrected chi connectivity index (χ0v) is 17.6. The highest BCUT2D eigenvalue weighted by Gasteiger charge is 2.16. The van der Waals surface area contributed by atoms with Crippen LogP contribution in [0.25, 0.3) is 0 Å². The molecule has 0 radical (unpaired) electrons. The lowest BCUT2D eigenvalue weighted by Crippen LogP contribution is -2.15. The zero-order chi connectivity index (χ0) is 21.7. The minimum Gasteiger partial charge on any atom is -0.497 e. The number of sulfonamides is 1. The number of anilines is 2. The molecule has 0 aliphatic rings. The first-order valence-corrected chi connectivity index (χ1v) is 10.5. The molecular weight excluding hydrogens is 404 g/mol. The number of carbonyl (C=O) groups excluding carboxylic acids is 1. The van der Waals surface area contributed by atoms with Crippen LogP contribution in [0.5, 0.6) is 11.5 Å². The minimum atomic E-state index is -3.81. The fraction of sp³-hybridized carbons (Fsp3) is 0.136. The molecule has 0 saturated heterocycles. The Labute approximate surface area is 175 Å². The maximum absolute atomic E-state index is 12.7. The van der Waals surface area contributed by atoms with E-state index >= 15 is 0 Å². The molecule has 0 bridgehead atoms. The molecule has 3 aromatic rings. The number of methoxy groups -OCH3 is 2. The monoisotopic (exact) mass is 426 g/mol. The first-order chi connectivity index (χ1) is 14.3. The van der Waals surface area contributed by atoms with Crippen molar-refractivity contribution in [2.24, 2.45) is 0 Å². The molecule has 0 spiro atoms. The van der Waals surface area contributed by atoms with Crippen molar-refractivity contribution in [1.82, 2.24) is 0 Å². The SMILES string of the molecule is COc1ccc(S(=O)(=O)Nc2cccc(C(=O)Nc3cc(C)ccc3OC)c2)cc1. The Balaban J connectivity index is 1.80. The maximum atomic E-state index is 12.7. The van der Waals surface area contributed by atoms with E-state index in [9.17, 15) is 13.2 Å². The molecule has 0 fully saturated rings. The van der Waals surface area contributed by atoms with Gasteiger partial charge in [0.05, 0.1) is 24.8 Å². The van der Waals surface area contributed by atoms with E-state index in [0.717, 1.165) is 5.56 Å². The van der Waals surface area contributed by atoms with Crippen molar-refractivity contribution in [1.29, 1.82) is 0 Å². The van der Waals surface area contributed by atoms with Crippen molar-refractivity contribution in [2.45, 2.75) is 11.8 Å². The molecule has 0 aliphatic carbocycles. The van der Waals surface area contributed by atoms with Crippen LogP contribution in [0.15, 0.2) is 71.6 Å². The summed E-state index contributed by atoms with van der Waals surface area (Å²) in [5.74, 6) is 0.703. The van der Waals surface area contributed by atoms with Crippen molar-refractivity contribution >= 4 is 27.3 Å². The molecule has 0 atom stereocenters. The summed E-state index contributed by atoms with van der Waals surface area (Å²) in [5, 5.41) is 2.80. The average molecular weight is 426 g/mol. The summed E-state index contributed by atoms with van der Waals surface area (Å²) in [7, 11) is -0.786. The number of aryl methyl sites for hydroxylation is 1. The topological polar surface area (TPSA) is 93.7 Å². The van der Waals surface area contributed by atoms with Crippen LogP contribution in [-0.4, -0.2) is 28.5 Å². The van der Waals surface area contributed by atoms with Crippen LogP contribution in [0.4, 0.5) is 11.4 Å². The predicted octanol–water partition coefficient (Wildman–Crippen LogP) is 4.07. The van der Waals surface area contributed by atoms with E-state index in [1.165, 1.54) is 32.4 Å². The van der Waals surface area contributed by atoms with Crippen molar-refractivity contribution in [3.05, 3.63) is 77.9 Å². The lowest BCUT2D eigenvalue weighted by Gasteiger charge is -2.12. The van der Waals surface area contributed by atoms with Gasteiger partial charge in [0, 0.05) is 11.3 Å². The van der Waals surface area contributed by atoms with E-state index in [-0.39, 0.29) is 16.5 Å². The number of ether oxygens (including phenoxy) is 2. The number of hydrogen-bond donors (Lipinski definition) is 2. The third-order valence-corrected chi connectivity index (χ3v) is 5.75. The summed E-state index contributed by atoms with van der Waals surface area (Å²) in [6.07, 6.45) is 0. The van der Waals surface area contributed by atoms with Gasteiger partial charge in [-0.2, -0.15) is 0 Å². The van der Waals surface area contributed by atoms with E-state index in [2.05, 4.69) is 10.0 Å². The Kier molecular flexibility index (Phi) is 6.27. The molecule has 0 saturated carbocycles. The van der Waals surface area contributed by atoms with Crippen molar-refractivity contribution in [2.75, 3.05) is 24.3 Å². The Bertz CT molecular complexity index is 1160. The van der Waals surface area contributed by atoms with Crippen LogP contribution in [0.3, 0.4) is 0 Å². The van der Waals surface area contributed by atoms with Gasteiger partial charge in [-0.15, -0.1) is 0 Å². The largest absolute Gasteiger partial charge is 0.497 e. The van der Waals surface area contributed by atoms with Crippen molar-refractivity contribution in [3.63, 3.8) is 0 Å². The lowest BCUT2D eigenvalue weighted by atomic mass is 10.1. The first kappa shape index (κ1) is 21.2. The molecular formula is C22H22N2O5S. The van der Waals surface area contributed by atoms with E-state index in [4.69, 9.17) is 9.47 Å². The smallest absolute Gasteiger partial charge is 0.261 e. The molecule has 0 aliphatic heterocycles. The minimum absolute atomic E-state index is 0.0858. The number of benzene rings is 3. The van der Waals surface area contributed by atoms with Gasteiger partial charge < -0.3 is 14.8 Å². The number of amides is 1. The van der Waals surface area contributed by atoms with Gasteiger partial charge in [0.25, 0.3) is 15.9 Å². The molecule has 1 amide bonds. The third-order valence-electron chi connectivity index (χ3n) is 4.35. The number of hydrogen-bond acceptors (Lipinski definition) is 5. The van der Waals surface area contributed by atoms with Crippen LogP contribution < -0.4 is 19.5 Å². The Hall–Kier alpha value is -3.52. The quantitative estimate of drug-likeness (QED) is 0.594. The summed E-state index contributed by atoms with van der Waals surface area (Å²) in [4.78, 5) is 12.8. The highest BCUT2D eigenvalue weighted by atomic mass is 32.2. The molecule has 3 rings (SSSR count). The molecule has 7 nitrogen and oxygen atoms in total. The molecule has 30 heavy (non-hydrogen) atoms. The maximum Gasteiger partial charge on any atom is 0.261 e. The molecule has 0 aromatic heterocycles. The average Bonchev–Trinajstić information content (AvgIpc) is 2.74. The highest BCUT2D eigenvalue weighted by Crippen LogP contribution is 2.26. The van der Waals surface area contributed by atoms with E-state index in [1.807, 2.05) is 13.0 Å². The first-order valence-electron chi connectivity index (χ1n) is 9.05. The van der Waals surface area contributed by atoms with Gasteiger partial charge in [0.2, 0.25) is 0 Å². The van der Waals surface area contributed by atoms with Gasteiger partial charge in [0.1, 0.15) is 11.5 Å². The number of nitrogens with one attached hydrogen (secondary N) is 2. The fourth-order valence-electron chi connectivity index (χ4n) is 2.81. The standard InChI is InChI=1S/C22H22N2O5S/c1-15-7-12-21(29-3)20(13-15)23-22(25)16-5-4-6-17(14-16)24-30(26,27)19-10-8-18(28-2)9-11-19/h4-14,24H,1-3H3,(H,23,25). The molecule has 3 aromatic carbocycles. The summed E-state index contributed by atoms with van der Waals surface area (Å²) in [6.45, 7) is 1.91. The second kappa shape index (κ2) is 8.87. The Morgan fingerprint density at radius 2 is 1.63 bits per heavy atom. The van der Waals surface area contributed by atoms with Crippen LogP contribution in [0, 0.1) is 6.92 Å². The molecule has 2 N–H and O–H groups in total. The molecule has 156 valence electrons. The normalized spacial score (nSPS) is 10.9. The van der Waals surface area contributed by atoms with Crippen LogP contribution in [0.1, 0.15) is 15.9 Å². The summed E-state index contributed by atoms with van der Waals surface area (Å²) < 4.78 is 38.1. The van der Waals surface area contributed by atoms with Crippen LogP contribution in [-0.2, 0) is 10.0 Å². The Morgan fingerprint density at radius 3 is 2.30 bits per heavy atom. The number of carbonyl (C=O) groups is 1. The van der Waals surface area contributed by atoms with E-state index in [0.29, 0.717) is 22.7 Å². The van der Waals surface area contributed by atoms with Crippen LogP contribution >= 0.6 is 0 Å². The van der Waals surface area contributed by atoms with Gasteiger partial charge in [-0.05, 0) is 67.1 Å². The van der Waals surface area contributed by atoms with Gasteiger partial charge in [0.15, 0.2) is 0 Å². The summed E-state index contributed by atoms with van der Waals surface area (Å²) in [5.41, 5.74) is 2.07. The summed E-state index contributed by atoms with van der Waals surface area (Å²) in [6, 6.07) is 17.7.